The number of quaternary nitrogens is 2. The molecule has 71 heavy (non-hydrogen) atoms. The van der Waals surface area contributed by atoms with Gasteiger partial charge >= 0.3 is 0 Å². The SMILES string of the molecule is Cc1cc(N(CC(OCCOCCOCC[N+](C)(C)CCCS(=O)(=O)O)c2ccccc2)CC(OCCOCC[N+](C)(C)CCCS(=O)(=O)O)c2ccccc2)ccc1N=Nc1sc(C#N)c(C)c1C#N. The molecule has 0 aliphatic rings. The molecule has 2 N–H and O–H groups in total. The molecule has 3 aromatic carbocycles. The number of ether oxygens (including phenoxy) is 5. The summed E-state index contributed by atoms with van der Waals surface area (Å²) >= 11 is 1.13. The van der Waals surface area contributed by atoms with Crippen molar-refractivity contribution in [2.24, 2.45) is 10.2 Å². The first-order chi connectivity index (χ1) is 33.7. The minimum Gasteiger partial charge on any atom is -0.377 e. The van der Waals surface area contributed by atoms with Gasteiger partial charge in [-0.3, -0.25) is 9.11 Å². The van der Waals surface area contributed by atoms with Gasteiger partial charge < -0.3 is 37.6 Å². The number of rotatable bonds is 34. The van der Waals surface area contributed by atoms with Crippen LogP contribution in [0.25, 0.3) is 0 Å². The zero-order valence-electron chi connectivity index (χ0n) is 41.8. The molecule has 4 aromatic rings. The van der Waals surface area contributed by atoms with Gasteiger partial charge in [-0.25, -0.2) is 0 Å². The number of nitrogens with zero attached hydrogens (tertiary/aromatic N) is 7. The number of likely N-dealkylation sites (N-methyl/N-ethyl adjacent to an activating group) is 2. The van der Waals surface area contributed by atoms with Gasteiger partial charge in [0.05, 0.1) is 117 Å². The van der Waals surface area contributed by atoms with Crippen LogP contribution in [0.2, 0.25) is 0 Å². The molecule has 0 saturated heterocycles. The Balaban J connectivity index is 1.49. The Morgan fingerprint density at radius 1 is 0.634 bits per heavy atom. The second-order valence-electron chi connectivity index (χ2n) is 18.5. The predicted octanol–water partition coefficient (Wildman–Crippen LogP) is 7.60. The molecular formula is C50H71N7O11S3+2. The Hall–Kier alpha value is -4.72. The van der Waals surface area contributed by atoms with Gasteiger partial charge in [-0.2, -0.15) is 27.4 Å². The van der Waals surface area contributed by atoms with Crippen molar-refractivity contribution in [3.63, 3.8) is 0 Å². The molecule has 0 aliphatic heterocycles. The van der Waals surface area contributed by atoms with Crippen molar-refractivity contribution in [1.82, 2.24) is 0 Å². The van der Waals surface area contributed by atoms with Crippen molar-refractivity contribution in [2.45, 2.75) is 38.9 Å². The molecule has 0 amide bonds. The van der Waals surface area contributed by atoms with Gasteiger partial charge in [0.25, 0.3) is 20.2 Å². The third kappa shape index (κ3) is 22.3. The number of aryl methyl sites for hydroxylation is 1. The lowest BCUT2D eigenvalue weighted by molar-refractivity contribution is -0.890. The quantitative estimate of drug-likeness (QED) is 0.0199. The maximum atomic E-state index is 11.2. The zero-order chi connectivity index (χ0) is 51.9. The molecule has 0 spiro atoms. The fraction of sp³-hybridized carbons (Fsp3) is 0.520. The van der Waals surface area contributed by atoms with Crippen molar-refractivity contribution in [1.29, 1.82) is 10.5 Å². The number of hydrogen-bond donors (Lipinski definition) is 2. The van der Waals surface area contributed by atoms with E-state index in [-0.39, 0.29) is 11.5 Å². The number of azo groups is 1. The molecule has 18 nitrogen and oxygen atoms in total. The monoisotopic (exact) mass is 1040 g/mol. The van der Waals surface area contributed by atoms with E-state index in [1.54, 1.807) is 6.92 Å². The minimum absolute atomic E-state index is 0.265. The van der Waals surface area contributed by atoms with Crippen LogP contribution in [0.1, 0.15) is 57.7 Å². The van der Waals surface area contributed by atoms with Crippen LogP contribution >= 0.6 is 11.3 Å². The van der Waals surface area contributed by atoms with Crippen LogP contribution in [0.15, 0.2) is 89.1 Å². The summed E-state index contributed by atoms with van der Waals surface area (Å²) in [7, 11) is -0.0396. The summed E-state index contributed by atoms with van der Waals surface area (Å²) in [5, 5.41) is 28.6. The molecule has 0 saturated carbocycles. The van der Waals surface area contributed by atoms with E-state index in [2.05, 4.69) is 27.3 Å². The Kier molecular flexibility index (Phi) is 24.1. The van der Waals surface area contributed by atoms with Crippen molar-refractivity contribution < 1.29 is 58.6 Å². The van der Waals surface area contributed by atoms with Crippen molar-refractivity contribution >= 4 is 47.9 Å². The van der Waals surface area contributed by atoms with E-state index in [0.29, 0.717) is 141 Å². The molecular weight excluding hydrogens is 971 g/mol. The molecule has 0 aliphatic carbocycles. The van der Waals surface area contributed by atoms with Crippen LogP contribution in [0, 0.1) is 36.5 Å². The first-order valence-corrected chi connectivity index (χ1v) is 27.5. The highest BCUT2D eigenvalue weighted by Gasteiger charge is 2.24. The number of benzene rings is 3. The fourth-order valence-corrected chi connectivity index (χ4v) is 9.37. The summed E-state index contributed by atoms with van der Waals surface area (Å²) < 4.78 is 94.9. The highest BCUT2D eigenvalue weighted by molar-refractivity contribution is 7.86. The number of nitriles is 2. The molecule has 2 atom stereocenters. The highest BCUT2D eigenvalue weighted by Crippen LogP contribution is 2.37. The summed E-state index contributed by atoms with van der Waals surface area (Å²) in [6.45, 7) is 9.90. The first-order valence-electron chi connectivity index (χ1n) is 23.5. The van der Waals surface area contributed by atoms with E-state index < -0.39 is 32.4 Å². The minimum atomic E-state index is -4.01. The number of hydrogen-bond acceptors (Lipinski definition) is 15. The van der Waals surface area contributed by atoms with Gasteiger partial charge in [-0.1, -0.05) is 60.7 Å². The molecule has 2 unspecified atom stereocenters. The fourth-order valence-electron chi connectivity index (χ4n) is 7.50. The van der Waals surface area contributed by atoms with Crippen LogP contribution in [0.4, 0.5) is 16.4 Å². The first kappa shape index (κ1) is 58.8. The molecule has 0 fully saturated rings. The summed E-state index contributed by atoms with van der Waals surface area (Å²) in [6.07, 6.45) is -0.0914. The van der Waals surface area contributed by atoms with Crippen molar-refractivity contribution in [3.05, 3.63) is 112 Å². The van der Waals surface area contributed by atoms with Crippen molar-refractivity contribution in [3.8, 4) is 12.1 Å². The maximum Gasteiger partial charge on any atom is 0.265 e. The van der Waals surface area contributed by atoms with E-state index in [1.165, 1.54) is 0 Å². The van der Waals surface area contributed by atoms with Gasteiger partial charge in [0, 0.05) is 31.6 Å². The lowest BCUT2D eigenvalue weighted by Crippen LogP contribution is -2.43. The second kappa shape index (κ2) is 29.1. The molecule has 1 aromatic heterocycles. The van der Waals surface area contributed by atoms with E-state index in [0.717, 1.165) is 33.7 Å². The van der Waals surface area contributed by atoms with Crippen LogP contribution in [0.3, 0.4) is 0 Å². The Bertz CT molecular complexity index is 2580. The highest BCUT2D eigenvalue weighted by atomic mass is 32.2. The summed E-state index contributed by atoms with van der Waals surface area (Å²) in [5.74, 6) is -0.544. The van der Waals surface area contributed by atoms with E-state index in [9.17, 15) is 27.4 Å². The Morgan fingerprint density at radius 3 is 1.54 bits per heavy atom. The predicted molar refractivity (Wildman–Crippen MR) is 275 cm³/mol. The maximum absolute atomic E-state index is 11.2. The van der Waals surface area contributed by atoms with Crippen LogP contribution < -0.4 is 4.90 Å². The standard InChI is InChI=1S/C50H69N7O11S3/c1-40-35-44(19-20-46(40)53-54-50-45(36-51)41(2)49(37-52)69-50)55(38-47(42-15-9-7-10-16-42)67-31-29-65-26-24-57(5,6)22-14-34-71(61,62)63)39-48(43-17-11-8-12-18-43)68-32-30-66-28-27-64-25-23-56(3,4)21-13-33-70(58,59)60/h7-12,15-20,35,47-48H,13-14,21-34,38-39H2,1-6H3/p+2. The third-order valence-electron chi connectivity index (χ3n) is 11.7. The zero-order valence-corrected chi connectivity index (χ0v) is 44.3. The second-order valence-corrected chi connectivity index (χ2v) is 22.6. The topological polar surface area (TPSA) is 230 Å². The van der Waals surface area contributed by atoms with E-state index in [4.69, 9.17) is 32.8 Å². The largest absolute Gasteiger partial charge is 0.377 e. The van der Waals surface area contributed by atoms with Crippen LogP contribution in [-0.2, 0) is 43.9 Å². The average Bonchev–Trinajstić information content (AvgIpc) is 3.63. The average molecular weight is 1040 g/mol. The molecule has 21 heteroatoms. The lowest BCUT2D eigenvalue weighted by atomic mass is 10.1. The van der Waals surface area contributed by atoms with Crippen LogP contribution in [-0.4, -0.2) is 167 Å². The Morgan fingerprint density at radius 2 is 1.10 bits per heavy atom. The molecule has 1 heterocycles. The number of anilines is 1. The van der Waals surface area contributed by atoms with E-state index >= 15 is 0 Å². The van der Waals surface area contributed by atoms with Gasteiger partial charge in [-0.15, -0.1) is 21.6 Å². The third-order valence-corrected chi connectivity index (χ3v) is 14.4. The van der Waals surface area contributed by atoms with Gasteiger partial charge in [0.1, 0.15) is 42.3 Å². The molecule has 0 bridgehead atoms. The van der Waals surface area contributed by atoms with Gasteiger partial charge in [0.2, 0.25) is 0 Å². The summed E-state index contributed by atoms with van der Waals surface area (Å²) in [4.78, 5) is 2.65. The Labute approximate surface area is 424 Å². The van der Waals surface area contributed by atoms with Gasteiger partial charge in [0.15, 0.2) is 5.00 Å². The smallest absolute Gasteiger partial charge is 0.265 e. The lowest BCUT2D eigenvalue weighted by Gasteiger charge is -2.33. The molecule has 388 valence electrons. The van der Waals surface area contributed by atoms with Crippen molar-refractivity contribution in [2.75, 3.05) is 137 Å². The summed E-state index contributed by atoms with van der Waals surface area (Å²) in [6, 6.07) is 30.1. The summed E-state index contributed by atoms with van der Waals surface area (Å²) in [5.41, 5.74) is 5.18. The number of thiophene rings is 1. The van der Waals surface area contributed by atoms with Gasteiger partial charge in [-0.05, 0) is 54.3 Å². The van der Waals surface area contributed by atoms with Crippen LogP contribution in [0.5, 0.6) is 0 Å². The molecule has 0 radical (unpaired) electrons. The van der Waals surface area contributed by atoms with E-state index in [1.807, 2.05) is 114 Å². The normalized spacial score (nSPS) is 13.3. The molecule has 4 rings (SSSR count).